The second-order valence-corrected chi connectivity index (χ2v) is 3.71. The van der Waals surface area contributed by atoms with Crippen molar-refractivity contribution >= 4 is 17.6 Å². The third kappa shape index (κ3) is 3.53. The fourth-order valence-electron chi connectivity index (χ4n) is 1.51. The number of benzene rings is 1. The second kappa shape index (κ2) is 5.63. The van der Waals surface area contributed by atoms with Crippen LogP contribution in [0.3, 0.4) is 0 Å². The second-order valence-electron chi connectivity index (χ2n) is 3.71. The molecule has 0 aliphatic heterocycles. The number of nitrogens with zero attached hydrogens (tertiary/aromatic N) is 1. The van der Waals surface area contributed by atoms with Gasteiger partial charge >= 0.3 is 5.97 Å². The fraction of sp³-hybridized carbons (Fsp3) is 0. The smallest absolute Gasteiger partial charge is 0.328 e. The lowest BCUT2D eigenvalue weighted by molar-refractivity contribution is -0.131. The van der Waals surface area contributed by atoms with Crippen LogP contribution >= 0.6 is 0 Å². The van der Waals surface area contributed by atoms with Crippen LogP contribution in [-0.4, -0.2) is 27.2 Å². The van der Waals surface area contributed by atoms with Crippen molar-refractivity contribution in [2.24, 2.45) is 0 Å². The van der Waals surface area contributed by atoms with Gasteiger partial charge in [0.25, 0.3) is 0 Å². The molecule has 0 spiro atoms. The topological polar surface area (TPSA) is 95.1 Å². The van der Waals surface area contributed by atoms with Crippen molar-refractivity contribution in [1.29, 1.82) is 0 Å². The molecule has 6 nitrogen and oxygen atoms in total. The van der Waals surface area contributed by atoms with E-state index >= 15 is 0 Å². The van der Waals surface area contributed by atoms with E-state index in [2.05, 4.69) is 15.5 Å². The highest BCUT2D eigenvalue weighted by atomic mass is 16.4. The van der Waals surface area contributed by atoms with Crippen LogP contribution in [0.4, 0.5) is 5.69 Å². The molecule has 0 saturated heterocycles. The quantitative estimate of drug-likeness (QED) is 0.726. The first-order valence-corrected chi connectivity index (χ1v) is 5.47. The van der Waals surface area contributed by atoms with Gasteiger partial charge in [-0.25, -0.2) is 4.79 Å². The minimum atomic E-state index is -1.17. The first-order valence-electron chi connectivity index (χ1n) is 5.47. The molecule has 0 radical (unpaired) electrons. The Morgan fingerprint density at radius 2 is 2.11 bits per heavy atom. The number of nitrogens with one attached hydrogen (secondary N) is 2. The van der Waals surface area contributed by atoms with E-state index in [1.165, 1.54) is 0 Å². The van der Waals surface area contributed by atoms with Gasteiger partial charge in [-0.1, -0.05) is 12.1 Å². The Hall–Kier alpha value is -2.89. The van der Waals surface area contributed by atoms with Crippen molar-refractivity contribution in [1.82, 2.24) is 10.2 Å². The number of aliphatic carboxylic acids is 1. The Labute approximate surface area is 108 Å². The van der Waals surface area contributed by atoms with Gasteiger partial charge in [-0.15, -0.1) is 0 Å². The molecule has 96 valence electrons. The van der Waals surface area contributed by atoms with E-state index < -0.39 is 11.9 Å². The van der Waals surface area contributed by atoms with Crippen molar-refractivity contribution in [3.8, 4) is 11.3 Å². The van der Waals surface area contributed by atoms with Crippen LogP contribution in [0.25, 0.3) is 11.3 Å². The molecule has 0 unspecified atom stereocenters. The van der Waals surface area contributed by atoms with E-state index in [4.69, 9.17) is 5.11 Å². The van der Waals surface area contributed by atoms with Gasteiger partial charge in [0.05, 0.1) is 5.69 Å². The monoisotopic (exact) mass is 257 g/mol. The first kappa shape index (κ1) is 12.6. The number of aromatic nitrogens is 2. The van der Waals surface area contributed by atoms with Gasteiger partial charge in [-0.2, -0.15) is 5.10 Å². The normalized spacial score (nSPS) is 10.5. The highest BCUT2D eigenvalue weighted by Crippen LogP contribution is 2.20. The molecule has 3 N–H and O–H groups in total. The van der Waals surface area contributed by atoms with Gasteiger partial charge in [0, 0.05) is 29.6 Å². The van der Waals surface area contributed by atoms with Crippen molar-refractivity contribution in [3.63, 3.8) is 0 Å². The molecular formula is C13H11N3O3. The zero-order valence-corrected chi connectivity index (χ0v) is 9.83. The van der Waals surface area contributed by atoms with Crippen molar-refractivity contribution < 1.29 is 14.7 Å². The Bertz CT molecular complexity index is 618. The number of hydrogen-bond acceptors (Lipinski definition) is 3. The summed E-state index contributed by atoms with van der Waals surface area (Å²) in [5, 5.41) is 17.7. The summed E-state index contributed by atoms with van der Waals surface area (Å²) < 4.78 is 0. The highest BCUT2D eigenvalue weighted by molar-refractivity contribution is 6.02. The summed E-state index contributed by atoms with van der Waals surface area (Å²) in [5.41, 5.74) is 2.28. The van der Waals surface area contributed by atoms with Crippen LogP contribution in [0.2, 0.25) is 0 Å². The predicted octanol–water partition coefficient (Wildman–Crippen LogP) is 1.66. The molecule has 2 rings (SSSR count). The van der Waals surface area contributed by atoms with E-state index in [0.717, 1.165) is 23.4 Å². The maximum Gasteiger partial charge on any atom is 0.328 e. The first-order chi connectivity index (χ1) is 9.15. The number of anilines is 1. The number of hydrogen-bond donors (Lipinski definition) is 3. The molecule has 0 aliphatic carbocycles. The number of carbonyl (C=O) groups is 2. The Kier molecular flexibility index (Phi) is 3.72. The molecule has 6 heteroatoms. The fourth-order valence-corrected chi connectivity index (χ4v) is 1.51. The van der Waals surface area contributed by atoms with E-state index in [1.54, 1.807) is 24.4 Å². The highest BCUT2D eigenvalue weighted by Gasteiger charge is 2.02. The summed E-state index contributed by atoms with van der Waals surface area (Å²) in [4.78, 5) is 21.7. The summed E-state index contributed by atoms with van der Waals surface area (Å²) in [5.74, 6) is -1.66. The number of carboxylic acids is 1. The average Bonchev–Trinajstić information content (AvgIpc) is 2.90. The van der Waals surface area contributed by atoms with E-state index in [0.29, 0.717) is 5.69 Å². The number of carboxylic acid groups (broad SMARTS) is 1. The van der Waals surface area contributed by atoms with E-state index in [-0.39, 0.29) is 0 Å². The summed E-state index contributed by atoms with van der Waals surface area (Å²) >= 11 is 0. The van der Waals surface area contributed by atoms with Crippen LogP contribution in [-0.2, 0) is 9.59 Å². The molecule has 0 aliphatic rings. The molecule has 0 fully saturated rings. The number of H-pyrrole nitrogens is 1. The molecule has 0 saturated carbocycles. The maximum atomic E-state index is 11.4. The SMILES string of the molecule is O=C(O)/C=C/C(=O)Nc1cccc(-c2ccn[nH]2)c1. The zero-order chi connectivity index (χ0) is 13.7. The third-order valence-electron chi connectivity index (χ3n) is 2.32. The zero-order valence-electron chi connectivity index (χ0n) is 9.83. The third-order valence-corrected chi connectivity index (χ3v) is 2.32. The molecule has 1 heterocycles. The molecule has 1 aromatic carbocycles. The van der Waals surface area contributed by atoms with Crippen LogP contribution in [0.15, 0.2) is 48.7 Å². The number of carbonyl (C=O) groups excluding carboxylic acids is 1. The van der Waals surface area contributed by atoms with Gasteiger partial charge in [0.2, 0.25) is 5.91 Å². The summed E-state index contributed by atoms with van der Waals surface area (Å²) in [7, 11) is 0. The number of aromatic amines is 1. The standard InChI is InChI=1S/C13H11N3O3/c17-12(4-5-13(18)19)15-10-3-1-2-9(8-10)11-6-7-14-16-11/h1-8H,(H,14,16)(H,15,17)(H,18,19)/b5-4+. The molecular weight excluding hydrogens is 246 g/mol. The lowest BCUT2D eigenvalue weighted by Crippen LogP contribution is -2.08. The van der Waals surface area contributed by atoms with Crippen LogP contribution < -0.4 is 5.32 Å². The van der Waals surface area contributed by atoms with Crippen molar-refractivity contribution in [2.75, 3.05) is 5.32 Å². The van der Waals surface area contributed by atoms with Gasteiger partial charge in [-0.3, -0.25) is 9.89 Å². The number of amides is 1. The van der Waals surface area contributed by atoms with Gasteiger partial charge in [0.15, 0.2) is 0 Å². The lowest BCUT2D eigenvalue weighted by Gasteiger charge is -2.04. The molecule has 19 heavy (non-hydrogen) atoms. The predicted molar refractivity (Wildman–Crippen MR) is 69.4 cm³/mol. The van der Waals surface area contributed by atoms with Gasteiger partial charge < -0.3 is 10.4 Å². The molecule has 2 aromatic rings. The Morgan fingerprint density at radius 1 is 1.26 bits per heavy atom. The minimum absolute atomic E-state index is 0.496. The van der Waals surface area contributed by atoms with E-state index in [9.17, 15) is 9.59 Å². The van der Waals surface area contributed by atoms with Crippen LogP contribution in [0, 0.1) is 0 Å². The summed E-state index contributed by atoms with van der Waals surface area (Å²) in [6.45, 7) is 0. The maximum absolute atomic E-state index is 11.4. The van der Waals surface area contributed by atoms with Gasteiger partial charge in [-0.05, 0) is 18.2 Å². The Morgan fingerprint density at radius 3 is 2.79 bits per heavy atom. The van der Waals surface area contributed by atoms with Crippen LogP contribution in [0.5, 0.6) is 0 Å². The van der Waals surface area contributed by atoms with E-state index in [1.807, 2.05) is 12.1 Å². The number of rotatable bonds is 4. The Balaban J connectivity index is 2.12. The largest absolute Gasteiger partial charge is 0.478 e. The van der Waals surface area contributed by atoms with Crippen LogP contribution in [0.1, 0.15) is 0 Å². The lowest BCUT2D eigenvalue weighted by atomic mass is 10.1. The van der Waals surface area contributed by atoms with Crippen molar-refractivity contribution in [3.05, 3.63) is 48.7 Å². The summed E-state index contributed by atoms with van der Waals surface area (Å²) in [6.07, 6.45) is 3.38. The molecule has 0 bridgehead atoms. The molecule has 1 amide bonds. The molecule has 0 atom stereocenters. The average molecular weight is 257 g/mol. The minimum Gasteiger partial charge on any atom is -0.478 e. The summed E-state index contributed by atoms with van der Waals surface area (Å²) in [6, 6.07) is 8.95. The molecule has 1 aromatic heterocycles. The van der Waals surface area contributed by atoms with Gasteiger partial charge in [0.1, 0.15) is 0 Å². The van der Waals surface area contributed by atoms with Crippen molar-refractivity contribution in [2.45, 2.75) is 0 Å².